The van der Waals surface area contributed by atoms with Crippen molar-refractivity contribution < 1.29 is 21.6 Å². The van der Waals surface area contributed by atoms with Crippen molar-refractivity contribution in [1.82, 2.24) is 9.62 Å². The maximum Gasteiger partial charge on any atom is 0.238 e. The Balaban J connectivity index is 2.69. The maximum absolute atomic E-state index is 11.7. The van der Waals surface area contributed by atoms with Crippen LogP contribution in [0.25, 0.3) is 0 Å². The van der Waals surface area contributed by atoms with E-state index in [0.717, 1.165) is 11.8 Å². The van der Waals surface area contributed by atoms with Gasteiger partial charge in [-0.05, 0) is 24.1 Å². The first-order valence-electron chi connectivity index (χ1n) is 6.81. The molecule has 3 N–H and O–H groups in total. The maximum atomic E-state index is 11.7. The Hall–Kier alpha value is -1.49. The first kappa shape index (κ1) is 19.6. The topological polar surface area (TPSA) is 127 Å². The quantitative estimate of drug-likeness (QED) is 0.630. The van der Waals surface area contributed by atoms with E-state index < -0.39 is 20.0 Å². The van der Waals surface area contributed by atoms with Crippen molar-refractivity contribution in [3.8, 4) is 0 Å². The summed E-state index contributed by atoms with van der Waals surface area (Å²) in [7, 11) is -7.14. The van der Waals surface area contributed by atoms with Crippen LogP contribution in [0.3, 0.4) is 0 Å². The fourth-order valence-electron chi connectivity index (χ4n) is 1.90. The summed E-state index contributed by atoms with van der Waals surface area (Å²) in [6, 6.07) is 5.95. The van der Waals surface area contributed by atoms with Gasteiger partial charge in [0.15, 0.2) is 0 Å². The van der Waals surface area contributed by atoms with Crippen molar-refractivity contribution in [3.63, 3.8) is 0 Å². The number of amides is 1. The zero-order chi connectivity index (χ0) is 17.7. The molecule has 0 unspecified atom stereocenters. The van der Waals surface area contributed by atoms with Crippen molar-refractivity contribution >= 4 is 26.0 Å². The molecule has 130 valence electrons. The summed E-state index contributed by atoms with van der Waals surface area (Å²) < 4.78 is 47.1. The van der Waals surface area contributed by atoms with E-state index in [9.17, 15) is 21.6 Å². The molecule has 23 heavy (non-hydrogen) atoms. The second-order valence-corrected chi connectivity index (χ2v) is 8.63. The Labute approximate surface area is 136 Å². The van der Waals surface area contributed by atoms with Gasteiger partial charge in [0.25, 0.3) is 0 Å². The number of hydrogen-bond donors (Lipinski definition) is 2. The number of hydrogen-bond acceptors (Lipinski definition) is 5. The first-order chi connectivity index (χ1) is 10.5. The van der Waals surface area contributed by atoms with E-state index in [1.165, 1.54) is 23.4 Å². The normalized spacial score (nSPS) is 12.3. The van der Waals surface area contributed by atoms with Crippen LogP contribution >= 0.6 is 0 Å². The van der Waals surface area contributed by atoms with Crippen LogP contribution in [-0.2, 0) is 31.3 Å². The Morgan fingerprint density at radius 1 is 1.13 bits per heavy atom. The van der Waals surface area contributed by atoms with Gasteiger partial charge < -0.3 is 5.32 Å². The molecule has 1 aromatic carbocycles. The van der Waals surface area contributed by atoms with E-state index in [-0.39, 0.29) is 30.4 Å². The van der Waals surface area contributed by atoms with Crippen molar-refractivity contribution in [2.24, 2.45) is 5.14 Å². The molecule has 1 amide bonds. The number of nitrogens with one attached hydrogen (secondary N) is 1. The van der Waals surface area contributed by atoms with Crippen LogP contribution in [-0.4, -0.2) is 52.9 Å². The van der Waals surface area contributed by atoms with Crippen LogP contribution in [0.15, 0.2) is 29.2 Å². The highest BCUT2D eigenvalue weighted by Crippen LogP contribution is 2.10. The van der Waals surface area contributed by atoms with Crippen LogP contribution in [0.1, 0.15) is 12.5 Å². The van der Waals surface area contributed by atoms with Gasteiger partial charge in [-0.2, -0.15) is 0 Å². The first-order valence-corrected chi connectivity index (χ1v) is 10.2. The van der Waals surface area contributed by atoms with Gasteiger partial charge >= 0.3 is 0 Å². The monoisotopic (exact) mass is 363 g/mol. The summed E-state index contributed by atoms with van der Waals surface area (Å²) in [4.78, 5) is 10.8. The summed E-state index contributed by atoms with van der Waals surface area (Å²) in [5.74, 6) is -0.225. The number of nitrogens with two attached hydrogens (primary N) is 1. The number of carbonyl (C=O) groups excluding carboxylic acids is 1. The van der Waals surface area contributed by atoms with Crippen LogP contribution in [0.5, 0.6) is 0 Å². The second kappa shape index (κ2) is 7.86. The van der Waals surface area contributed by atoms with Gasteiger partial charge in [-0.25, -0.2) is 26.3 Å². The molecule has 10 heteroatoms. The molecule has 8 nitrogen and oxygen atoms in total. The molecule has 0 radical (unpaired) electrons. The van der Waals surface area contributed by atoms with Crippen molar-refractivity contribution in [3.05, 3.63) is 29.8 Å². The number of benzene rings is 1. The number of rotatable bonds is 8. The molecule has 0 saturated carbocycles. The zero-order valence-corrected chi connectivity index (χ0v) is 14.7. The number of primary sulfonamides is 1. The van der Waals surface area contributed by atoms with Gasteiger partial charge in [0.1, 0.15) is 0 Å². The second-order valence-electron chi connectivity index (χ2n) is 5.08. The van der Waals surface area contributed by atoms with Gasteiger partial charge in [0.2, 0.25) is 26.0 Å². The van der Waals surface area contributed by atoms with Crippen LogP contribution in [0.4, 0.5) is 0 Å². The van der Waals surface area contributed by atoms with Gasteiger partial charge in [-0.15, -0.1) is 0 Å². The molecule has 0 aliphatic heterocycles. The third-order valence-corrected chi connectivity index (χ3v) is 5.34. The summed E-state index contributed by atoms with van der Waals surface area (Å²) in [5, 5.41) is 7.56. The fraction of sp³-hybridized carbons (Fsp3) is 0.462. The van der Waals surface area contributed by atoms with Crippen LogP contribution in [0.2, 0.25) is 0 Å². The molecule has 1 rings (SSSR count). The van der Waals surface area contributed by atoms with Crippen LogP contribution in [0, 0.1) is 0 Å². The molecule has 0 aromatic heterocycles. The lowest BCUT2D eigenvalue weighted by Crippen LogP contribution is -2.38. The predicted octanol–water partition coefficient (Wildman–Crippen LogP) is -0.726. The van der Waals surface area contributed by atoms with Gasteiger partial charge in [-0.1, -0.05) is 12.1 Å². The minimum Gasteiger partial charge on any atom is -0.355 e. The third-order valence-electron chi connectivity index (χ3n) is 3.11. The Morgan fingerprint density at radius 3 is 2.13 bits per heavy atom. The van der Waals surface area contributed by atoms with E-state index in [4.69, 9.17) is 5.14 Å². The van der Waals surface area contributed by atoms with E-state index in [1.807, 2.05) is 0 Å². The molecular weight excluding hydrogens is 342 g/mol. The molecule has 0 saturated heterocycles. The summed E-state index contributed by atoms with van der Waals surface area (Å²) in [6.45, 7) is 1.99. The molecule has 0 aliphatic carbocycles. The Bertz CT molecular complexity index is 742. The average molecular weight is 363 g/mol. The molecule has 0 atom stereocenters. The lowest BCUT2D eigenvalue weighted by Gasteiger charge is -2.20. The van der Waals surface area contributed by atoms with Crippen molar-refractivity contribution in [2.75, 3.05) is 25.9 Å². The van der Waals surface area contributed by atoms with Gasteiger partial charge in [0, 0.05) is 26.6 Å². The van der Waals surface area contributed by atoms with E-state index >= 15 is 0 Å². The van der Waals surface area contributed by atoms with E-state index in [0.29, 0.717) is 6.42 Å². The smallest absolute Gasteiger partial charge is 0.238 e. The van der Waals surface area contributed by atoms with E-state index in [1.54, 1.807) is 12.1 Å². The largest absolute Gasteiger partial charge is 0.355 e. The molecule has 0 heterocycles. The summed E-state index contributed by atoms with van der Waals surface area (Å²) >= 11 is 0. The third kappa shape index (κ3) is 7.08. The summed E-state index contributed by atoms with van der Waals surface area (Å²) in [5.41, 5.74) is 0.783. The van der Waals surface area contributed by atoms with Crippen LogP contribution < -0.4 is 10.5 Å². The summed E-state index contributed by atoms with van der Waals surface area (Å²) in [6.07, 6.45) is 1.52. The fourth-order valence-corrected chi connectivity index (χ4v) is 3.26. The van der Waals surface area contributed by atoms with E-state index in [2.05, 4.69) is 5.32 Å². The highest BCUT2D eigenvalue weighted by molar-refractivity contribution is 7.89. The number of carbonyl (C=O) groups is 1. The Kier molecular flexibility index (Phi) is 6.69. The number of sulfonamides is 2. The minimum absolute atomic E-state index is 0.00637. The standard InChI is InChI=1S/C13H21N3O5S2/c1-11(17)15-8-10-16(22(2,18)19)9-7-12-3-5-13(6-4-12)23(14,20)21/h3-6H,7-10H2,1-2H3,(H,15,17)(H2,14,20,21). The molecule has 0 fully saturated rings. The molecule has 1 aromatic rings. The molecule has 0 bridgehead atoms. The predicted molar refractivity (Wildman–Crippen MR) is 86.6 cm³/mol. The highest BCUT2D eigenvalue weighted by Gasteiger charge is 2.16. The van der Waals surface area contributed by atoms with Crippen molar-refractivity contribution in [2.45, 2.75) is 18.2 Å². The van der Waals surface area contributed by atoms with Gasteiger partial charge in [-0.3, -0.25) is 4.79 Å². The van der Waals surface area contributed by atoms with Crippen molar-refractivity contribution in [1.29, 1.82) is 0 Å². The number of nitrogens with zero attached hydrogens (tertiary/aromatic N) is 1. The molecular formula is C13H21N3O5S2. The average Bonchev–Trinajstić information content (AvgIpc) is 2.40. The lowest BCUT2D eigenvalue weighted by molar-refractivity contribution is -0.118. The lowest BCUT2D eigenvalue weighted by atomic mass is 10.1. The highest BCUT2D eigenvalue weighted by atomic mass is 32.2. The minimum atomic E-state index is -3.74. The van der Waals surface area contributed by atoms with Gasteiger partial charge in [0.05, 0.1) is 11.2 Å². The Morgan fingerprint density at radius 2 is 1.70 bits per heavy atom. The molecule has 0 spiro atoms. The SMILES string of the molecule is CC(=O)NCCN(CCc1ccc(S(N)(=O)=O)cc1)S(C)(=O)=O. The zero-order valence-electron chi connectivity index (χ0n) is 13.0. The molecule has 0 aliphatic rings.